The number of nitriles is 1. The van der Waals surface area contributed by atoms with Crippen LogP contribution >= 0.6 is 11.8 Å². The molecule has 0 aliphatic carbocycles. The number of ether oxygens (including phenoxy) is 1. The molecule has 1 amide bonds. The van der Waals surface area contributed by atoms with Crippen LogP contribution in [0.5, 0.6) is 6.01 Å². The van der Waals surface area contributed by atoms with E-state index in [1.165, 1.54) is 35.1 Å². The lowest BCUT2D eigenvalue weighted by Gasteiger charge is -2.42. The average molecular weight is 574 g/mol. The Kier molecular flexibility index (Phi) is 8.35. The highest BCUT2D eigenvalue weighted by molar-refractivity contribution is 7.98. The quantitative estimate of drug-likeness (QED) is 0.463. The number of aryl methyl sites for hydroxylation is 1. The van der Waals surface area contributed by atoms with Gasteiger partial charge in [-0.05, 0) is 68.3 Å². The lowest BCUT2D eigenvalue weighted by Crippen LogP contribution is -2.55. The first-order valence-corrected chi connectivity index (χ1v) is 15.9. The maximum Gasteiger partial charge on any atom is 0.318 e. The van der Waals surface area contributed by atoms with Gasteiger partial charge in [-0.25, -0.2) is 0 Å². The number of fused-ring (bicyclic) bond motifs is 2. The van der Waals surface area contributed by atoms with Crippen LogP contribution in [0.3, 0.4) is 0 Å². The molecule has 2 fully saturated rings. The molecule has 41 heavy (non-hydrogen) atoms. The smallest absolute Gasteiger partial charge is 0.318 e. The molecule has 0 spiro atoms. The van der Waals surface area contributed by atoms with Crippen molar-refractivity contribution in [1.82, 2.24) is 19.8 Å². The van der Waals surface area contributed by atoms with Crippen molar-refractivity contribution in [3.05, 3.63) is 53.2 Å². The van der Waals surface area contributed by atoms with Gasteiger partial charge in [-0.2, -0.15) is 27.0 Å². The number of rotatable bonds is 7. The van der Waals surface area contributed by atoms with E-state index in [2.05, 4.69) is 52.6 Å². The summed E-state index contributed by atoms with van der Waals surface area (Å²) in [5.41, 5.74) is 6.42. The highest BCUT2D eigenvalue weighted by Gasteiger charge is 2.34. The second kappa shape index (κ2) is 12.3. The number of piperazine rings is 1. The van der Waals surface area contributed by atoms with Gasteiger partial charge in [-0.15, -0.1) is 0 Å². The summed E-state index contributed by atoms with van der Waals surface area (Å²) in [6.07, 6.45) is 5.88. The Hall–Kier alpha value is -3.29. The number of benzene rings is 1. The molecule has 1 aromatic heterocycles. The van der Waals surface area contributed by atoms with Crippen LogP contribution in [0.15, 0.2) is 30.9 Å². The molecule has 1 aromatic carbocycles. The number of thioether (sulfide) groups is 1. The fourth-order valence-corrected chi connectivity index (χ4v) is 7.74. The fraction of sp³-hybridized carbons (Fsp3) is 0.548. The van der Waals surface area contributed by atoms with E-state index in [4.69, 9.17) is 14.7 Å². The van der Waals surface area contributed by atoms with E-state index < -0.39 is 0 Å². The molecule has 10 heteroatoms. The van der Waals surface area contributed by atoms with Crippen LogP contribution < -0.4 is 14.5 Å². The van der Waals surface area contributed by atoms with Gasteiger partial charge in [0.2, 0.25) is 5.91 Å². The van der Waals surface area contributed by atoms with Crippen molar-refractivity contribution in [2.45, 2.75) is 56.5 Å². The molecule has 0 radical (unpaired) electrons. The molecule has 2 saturated heterocycles. The number of amides is 1. The summed E-state index contributed by atoms with van der Waals surface area (Å²) in [6, 6.07) is 9.58. The van der Waals surface area contributed by atoms with Crippen molar-refractivity contribution in [3.63, 3.8) is 0 Å². The monoisotopic (exact) mass is 573 g/mol. The SMILES string of the molecule is C=CC(=O)N1CCN(c2nc(OC[C@@H]3CCCN3C)nc3c2CCN(c2cccc4c2CSCC4)C3)C[C@@H]1CC#N. The lowest BCUT2D eigenvalue weighted by molar-refractivity contribution is -0.128. The molecule has 6 rings (SSSR count). The van der Waals surface area contributed by atoms with Gasteiger partial charge < -0.3 is 24.3 Å². The van der Waals surface area contributed by atoms with Crippen molar-refractivity contribution < 1.29 is 9.53 Å². The van der Waals surface area contributed by atoms with E-state index in [0.29, 0.717) is 44.8 Å². The number of hydrogen-bond donors (Lipinski definition) is 0. The molecule has 2 atom stereocenters. The zero-order chi connectivity index (χ0) is 28.3. The van der Waals surface area contributed by atoms with Crippen LogP contribution in [0.1, 0.15) is 41.6 Å². The minimum absolute atomic E-state index is 0.126. The van der Waals surface area contributed by atoms with Gasteiger partial charge in [0.25, 0.3) is 0 Å². The first-order chi connectivity index (χ1) is 20.1. The third-order valence-electron chi connectivity index (χ3n) is 9.02. The third kappa shape index (κ3) is 5.75. The predicted octanol–water partition coefficient (Wildman–Crippen LogP) is 3.42. The van der Waals surface area contributed by atoms with E-state index in [1.807, 2.05) is 11.8 Å². The molecule has 4 aliphatic rings. The zero-order valence-corrected chi connectivity index (χ0v) is 24.7. The summed E-state index contributed by atoms with van der Waals surface area (Å²) in [5, 5.41) is 9.51. The summed E-state index contributed by atoms with van der Waals surface area (Å²) in [7, 11) is 2.15. The average Bonchev–Trinajstić information content (AvgIpc) is 3.43. The maximum atomic E-state index is 12.5. The Morgan fingerprint density at radius 1 is 1.17 bits per heavy atom. The molecule has 4 aliphatic heterocycles. The van der Waals surface area contributed by atoms with E-state index in [0.717, 1.165) is 55.2 Å². The summed E-state index contributed by atoms with van der Waals surface area (Å²) in [5.74, 6) is 3.01. The topological polar surface area (TPSA) is 88.8 Å². The molecule has 9 nitrogen and oxygen atoms in total. The first kappa shape index (κ1) is 27.9. The maximum absolute atomic E-state index is 12.5. The van der Waals surface area contributed by atoms with Crippen molar-refractivity contribution in [2.75, 3.05) is 61.9 Å². The molecule has 0 saturated carbocycles. The largest absolute Gasteiger partial charge is 0.462 e. The normalized spacial score (nSPS) is 22.6. The minimum atomic E-state index is -0.213. The number of likely N-dealkylation sites (N-methyl/N-ethyl adjacent to an activating group) is 1. The fourth-order valence-electron chi connectivity index (χ4n) is 6.69. The van der Waals surface area contributed by atoms with Gasteiger partial charge in [0, 0.05) is 49.2 Å². The highest BCUT2D eigenvalue weighted by Crippen LogP contribution is 2.37. The second-order valence-corrected chi connectivity index (χ2v) is 12.5. The van der Waals surface area contributed by atoms with Gasteiger partial charge in [0.05, 0.1) is 30.8 Å². The molecule has 5 heterocycles. The Labute approximate surface area is 247 Å². The van der Waals surface area contributed by atoms with Gasteiger partial charge in [-0.1, -0.05) is 18.7 Å². The number of nitrogens with zero attached hydrogens (tertiary/aromatic N) is 7. The number of carbonyl (C=O) groups is 1. The summed E-state index contributed by atoms with van der Waals surface area (Å²) < 4.78 is 6.30. The lowest BCUT2D eigenvalue weighted by atomic mass is 9.99. The van der Waals surface area contributed by atoms with Gasteiger partial charge in [0.1, 0.15) is 12.4 Å². The predicted molar refractivity (Wildman–Crippen MR) is 162 cm³/mol. The van der Waals surface area contributed by atoms with E-state index in [1.54, 1.807) is 4.90 Å². The Morgan fingerprint density at radius 3 is 2.88 bits per heavy atom. The number of likely N-dealkylation sites (tertiary alicyclic amines) is 1. The van der Waals surface area contributed by atoms with Crippen molar-refractivity contribution >= 4 is 29.2 Å². The summed E-state index contributed by atoms with van der Waals surface area (Å²) >= 11 is 2.01. The second-order valence-electron chi connectivity index (χ2n) is 11.4. The van der Waals surface area contributed by atoms with Crippen molar-refractivity contribution in [2.24, 2.45) is 0 Å². The molecular weight excluding hydrogens is 534 g/mol. The number of anilines is 2. The Bertz CT molecular complexity index is 1340. The minimum Gasteiger partial charge on any atom is -0.462 e. The van der Waals surface area contributed by atoms with Crippen LogP contribution in [0.25, 0.3) is 0 Å². The third-order valence-corrected chi connectivity index (χ3v) is 10.0. The summed E-state index contributed by atoms with van der Waals surface area (Å²) in [6.45, 7) is 8.65. The number of hydrogen-bond acceptors (Lipinski definition) is 9. The van der Waals surface area contributed by atoms with Crippen LogP contribution in [-0.4, -0.2) is 89.9 Å². The van der Waals surface area contributed by atoms with Crippen LogP contribution in [0.2, 0.25) is 0 Å². The van der Waals surface area contributed by atoms with Gasteiger partial charge in [0.15, 0.2) is 0 Å². The van der Waals surface area contributed by atoms with E-state index in [9.17, 15) is 10.1 Å². The molecule has 2 aromatic rings. The standard InChI is InChI=1S/C31H39N7O2S/c1-3-29(39)38-16-15-37(18-23(38)9-12-32)30-25-10-14-36(28-8-4-6-22-11-17-41-21-26(22)28)19-27(25)33-31(34-30)40-20-24-7-5-13-35(24)2/h3-4,6,8,23-24H,1,5,7,9-11,13-21H2,2H3/t23-,24-/m0/s1. The summed E-state index contributed by atoms with van der Waals surface area (Å²) in [4.78, 5) is 31.3. The van der Waals surface area contributed by atoms with Crippen molar-refractivity contribution in [1.29, 1.82) is 5.26 Å². The molecular formula is C31H39N7O2S. The molecule has 0 bridgehead atoms. The Balaban J connectivity index is 1.31. The number of aromatic nitrogens is 2. The van der Waals surface area contributed by atoms with Crippen LogP contribution in [0, 0.1) is 11.3 Å². The van der Waals surface area contributed by atoms with Crippen molar-refractivity contribution in [3.8, 4) is 12.1 Å². The van der Waals surface area contributed by atoms with Crippen LogP contribution in [0.4, 0.5) is 11.5 Å². The van der Waals surface area contributed by atoms with E-state index in [-0.39, 0.29) is 18.4 Å². The van der Waals surface area contributed by atoms with E-state index >= 15 is 0 Å². The highest BCUT2D eigenvalue weighted by atomic mass is 32.2. The number of carbonyl (C=O) groups excluding carboxylic acids is 1. The first-order valence-electron chi connectivity index (χ1n) is 14.8. The van der Waals surface area contributed by atoms with Gasteiger partial charge >= 0.3 is 6.01 Å². The molecule has 216 valence electrons. The molecule has 0 N–H and O–H groups in total. The zero-order valence-electron chi connectivity index (χ0n) is 23.9. The molecule has 0 unspecified atom stereocenters. The Morgan fingerprint density at radius 2 is 2.07 bits per heavy atom. The van der Waals surface area contributed by atoms with Gasteiger partial charge in [-0.3, -0.25) is 4.79 Å². The van der Waals surface area contributed by atoms with Crippen LogP contribution in [-0.2, 0) is 29.9 Å².